The van der Waals surface area contributed by atoms with E-state index in [1.165, 1.54) is 93.9 Å². The van der Waals surface area contributed by atoms with Gasteiger partial charge in [0.1, 0.15) is 0 Å². The molecule has 3 aliphatic rings. The lowest BCUT2D eigenvalue weighted by atomic mass is 9.71. The van der Waals surface area contributed by atoms with Gasteiger partial charge in [0.15, 0.2) is 0 Å². The van der Waals surface area contributed by atoms with Crippen LogP contribution in [0, 0.1) is 0 Å². The first-order valence-electron chi connectivity index (χ1n) is 15.0. The summed E-state index contributed by atoms with van der Waals surface area (Å²) in [5.41, 5.74) is 17.9. The fourth-order valence-corrected chi connectivity index (χ4v) is 8.32. The van der Waals surface area contributed by atoms with E-state index in [2.05, 4.69) is 140 Å². The zero-order chi connectivity index (χ0) is 27.4. The molecular formula is C42H26. The van der Waals surface area contributed by atoms with Crippen LogP contribution in [-0.4, -0.2) is 0 Å². The van der Waals surface area contributed by atoms with E-state index in [0.717, 1.165) is 6.42 Å². The smallest absolute Gasteiger partial charge is 0.0142 e. The molecule has 42 heavy (non-hydrogen) atoms. The van der Waals surface area contributed by atoms with Gasteiger partial charge in [-0.15, -0.1) is 0 Å². The average Bonchev–Trinajstić information content (AvgIpc) is 3.39. The largest absolute Gasteiger partial charge is 0.0830 e. The summed E-state index contributed by atoms with van der Waals surface area (Å²) in [7, 11) is 0. The van der Waals surface area contributed by atoms with Gasteiger partial charge in [0.2, 0.25) is 0 Å². The quantitative estimate of drug-likeness (QED) is 0.208. The first-order valence-corrected chi connectivity index (χ1v) is 15.0. The van der Waals surface area contributed by atoms with Gasteiger partial charge in [0.05, 0.1) is 0 Å². The van der Waals surface area contributed by atoms with Crippen LogP contribution < -0.4 is 0 Å². The van der Waals surface area contributed by atoms with Crippen molar-refractivity contribution in [3.05, 3.63) is 150 Å². The number of allylic oxidation sites excluding steroid dienone is 1. The molecule has 1 atom stereocenters. The third-order valence-electron chi connectivity index (χ3n) is 9.90. The molecule has 0 bridgehead atoms. The zero-order valence-corrected chi connectivity index (χ0v) is 23.1. The van der Waals surface area contributed by atoms with Gasteiger partial charge in [-0.25, -0.2) is 0 Å². The van der Waals surface area contributed by atoms with Crippen LogP contribution in [0.5, 0.6) is 0 Å². The molecule has 0 aliphatic heterocycles. The zero-order valence-electron chi connectivity index (χ0n) is 23.1. The van der Waals surface area contributed by atoms with Gasteiger partial charge in [0.25, 0.3) is 0 Å². The molecule has 0 spiro atoms. The lowest BCUT2D eigenvalue weighted by Crippen LogP contribution is -2.12. The summed E-state index contributed by atoms with van der Waals surface area (Å²) in [6, 6.07) is 47.6. The molecule has 0 radical (unpaired) electrons. The summed E-state index contributed by atoms with van der Waals surface area (Å²) < 4.78 is 0. The number of rotatable bonds is 2. The fraction of sp³-hybridized carbons (Fsp3) is 0.0476. The van der Waals surface area contributed by atoms with Crippen LogP contribution in [0.4, 0.5) is 0 Å². The van der Waals surface area contributed by atoms with E-state index >= 15 is 0 Å². The lowest BCUT2D eigenvalue weighted by Gasteiger charge is -2.32. The highest BCUT2D eigenvalue weighted by Crippen LogP contribution is 2.61. The summed E-state index contributed by atoms with van der Waals surface area (Å²) in [6.45, 7) is 0. The normalized spacial score (nSPS) is 15.2. The third kappa shape index (κ3) is 2.77. The summed E-state index contributed by atoms with van der Waals surface area (Å²) in [4.78, 5) is 0. The van der Waals surface area contributed by atoms with Crippen molar-refractivity contribution in [2.45, 2.75) is 12.3 Å². The minimum atomic E-state index is 0.406. The van der Waals surface area contributed by atoms with Crippen LogP contribution in [-0.2, 0) is 0 Å². The molecule has 3 aliphatic carbocycles. The van der Waals surface area contributed by atoms with E-state index in [0.29, 0.717) is 5.92 Å². The van der Waals surface area contributed by atoms with E-state index in [9.17, 15) is 0 Å². The molecule has 7 aromatic rings. The highest BCUT2D eigenvalue weighted by atomic mass is 14.4. The van der Waals surface area contributed by atoms with Crippen molar-refractivity contribution in [3.8, 4) is 55.6 Å². The van der Waals surface area contributed by atoms with E-state index in [1.54, 1.807) is 0 Å². The number of fused-ring (bicyclic) bond motifs is 6. The monoisotopic (exact) mass is 530 g/mol. The van der Waals surface area contributed by atoms with Crippen molar-refractivity contribution in [3.63, 3.8) is 0 Å². The van der Waals surface area contributed by atoms with Crippen molar-refractivity contribution >= 4 is 27.6 Å². The number of hydrogen-bond donors (Lipinski definition) is 0. The van der Waals surface area contributed by atoms with Gasteiger partial charge >= 0.3 is 0 Å². The second kappa shape index (κ2) is 8.18. The predicted octanol–water partition coefficient (Wildman–Crippen LogP) is 11.5. The highest BCUT2D eigenvalue weighted by molar-refractivity contribution is 6.29. The van der Waals surface area contributed by atoms with Crippen LogP contribution >= 0.6 is 0 Å². The van der Waals surface area contributed by atoms with Gasteiger partial charge in [-0.2, -0.15) is 0 Å². The molecule has 0 N–H and O–H groups in total. The van der Waals surface area contributed by atoms with Gasteiger partial charge in [-0.05, 0) is 100 Å². The molecule has 0 nitrogen and oxygen atoms in total. The molecule has 10 rings (SSSR count). The van der Waals surface area contributed by atoms with E-state index < -0.39 is 0 Å². The Morgan fingerprint density at radius 1 is 0.429 bits per heavy atom. The minimum Gasteiger partial charge on any atom is -0.0830 e. The first kappa shape index (κ1) is 22.5. The summed E-state index contributed by atoms with van der Waals surface area (Å²) in [5, 5.41) is 5.50. The van der Waals surface area contributed by atoms with Crippen molar-refractivity contribution in [1.82, 2.24) is 0 Å². The van der Waals surface area contributed by atoms with Crippen molar-refractivity contribution < 1.29 is 0 Å². The Balaban J connectivity index is 1.42. The van der Waals surface area contributed by atoms with E-state index in [-0.39, 0.29) is 0 Å². The summed E-state index contributed by atoms with van der Waals surface area (Å²) in [6.07, 6.45) is 5.75. The van der Waals surface area contributed by atoms with Crippen LogP contribution in [0.2, 0.25) is 0 Å². The first-order chi connectivity index (χ1) is 20.9. The fourth-order valence-electron chi connectivity index (χ4n) is 8.32. The SMILES string of the molecule is C1=Cc2cccc3c2C(C1)c1ccc2c4c(ccc-3c14)-c1c-2c(-c2ccccc2)c2ccccc2c1-c1ccccc1. The summed E-state index contributed by atoms with van der Waals surface area (Å²) >= 11 is 0. The Kier molecular flexibility index (Phi) is 4.38. The topological polar surface area (TPSA) is 0 Å². The van der Waals surface area contributed by atoms with Gasteiger partial charge in [-0.3, -0.25) is 0 Å². The molecular weight excluding hydrogens is 504 g/mol. The number of hydrogen-bond acceptors (Lipinski definition) is 0. The van der Waals surface area contributed by atoms with Crippen molar-refractivity contribution in [2.75, 3.05) is 0 Å². The minimum absolute atomic E-state index is 0.406. The van der Waals surface area contributed by atoms with Crippen LogP contribution in [0.1, 0.15) is 29.0 Å². The third-order valence-corrected chi connectivity index (χ3v) is 9.90. The molecule has 0 heterocycles. The van der Waals surface area contributed by atoms with Gasteiger partial charge in [0, 0.05) is 5.92 Å². The molecule has 194 valence electrons. The second-order valence-electron chi connectivity index (χ2n) is 11.9. The molecule has 0 amide bonds. The standard InChI is InChI=1S/C42H26/c1-3-11-26(12-4-1)37-30-17-7-8-18-31(30)38(27-13-5-2-6-14-27)42-35-24-22-33-29-20-10-16-25-15-9-19-28(36(25)29)32-21-23-34(41(37)42)40(35)39(32)33/h1-19,21-24,29H,20H2. The predicted molar refractivity (Wildman–Crippen MR) is 178 cm³/mol. The Morgan fingerprint density at radius 2 is 1.02 bits per heavy atom. The van der Waals surface area contributed by atoms with Crippen molar-refractivity contribution in [1.29, 1.82) is 0 Å². The molecule has 1 unspecified atom stereocenters. The van der Waals surface area contributed by atoms with Crippen molar-refractivity contribution in [2.24, 2.45) is 0 Å². The highest BCUT2D eigenvalue weighted by Gasteiger charge is 2.36. The maximum atomic E-state index is 2.45. The summed E-state index contributed by atoms with van der Waals surface area (Å²) in [5.74, 6) is 0.406. The lowest BCUT2D eigenvalue weighted by molar-refractivity contribution is 0.824. The maximum Gasteiger partial charge on any atom is 0.0142 e. The number of benzene rings is 7. The van der Waals surface area contributed by atoms with Gasteiger partial charge in [-0.1, -0.05) is 140 Å². The molecule has 0 heteroatoms. The average molecular weight is 531 g/mol. The van der Waals surface area contributed by atoms with Crippen LogP contribution in [0.3, 0.4) is 0 Å². The van der Waals surface area contributed by atoms with E-state index in [4.69, 9.17) is 0 Å². The Bertz CT molecular complexity index is 2210. The molecule has 0 aromatic heterocycles. The second-order valence-corrected chi connectivity index (χ2v) is 11.9. The Hall–Kier alpha value is -5.20. The Labute approximate surface area is 245 Å². The molecule has 0 fully saturated rings. The molecule has 7 aromatic carbocycles. The molecule has 0 saturated carbocycles. The van der Waals surface area contributed by atoms with Crippen LogP contribution in [0.25, 0.3) is 83.3 Å². The Morgan fingerprint density at radius 3 is 1.69 bits per heavy atom. The molecule has 0 saturated heterocycles. The van der Waals surface area contributed by atoms with Crippen LogP contribution in [0.15, 0.2) is 133 Å². The van der Waals surface area contributed by atoms with Gasteiger partial charge < -0.3 is 0 Å². The maximum absolute atomic E-state index is 2.45. The van der Waals surface area contributed by atoms with E-state index in [1.807, 2.05) is 0 Å².